The molecule has 3 aliphatic rings. The van der Waals surface area contributed by atoms with Gasteiger partial charge in [-0.05, 0) is 41.7 Å². The predicted molar refractivity (Wildman–Crippen MR) is 62.2 cm³/mol. The summed E-state index contributed by atoms with van der Waals surface area (Å²) < 4.78 is 0. The minimum atomic E-state index is 0.597. The van der Waals surface area contributed by atoms with Crippen LogP contribution >= 0.6 is 0 Å². The maximum absolute atomic E-state index is 4.38. The first-order valence-corrected chi connectivity index (χ1v) is 6.11. The van der Waals surface area contributed by atoms with E-state index in [1.165, 1.54) is 30.4 Å². The van der Waals surface area contributed by atoms with Crippen molar-refractivity contribution in [1.82, 2.24) is 0 Å². The molecule has 1 aromatic carbocycles. The zero-order valence-corrected chi connectivity index (χ0v) is 8.95. The molecule has 0 bridgehead atoms. The van der Waals surface area contributed by atoms with Crippen molar-refractivity contribution in [2.75, 3.05) is 0 Å². The molecule has 0 heterocycles. The Hall–Kier alpha value is -1.04. The van der Waals surface area contributed by atoms with Crippen LogP contribution in [0.4, 0.5) is 0 Å². The molecule has 76 valence electrons. The van der Waals surface area contributed by atoms with Crippen molar-refractivity contribution in [3.05, 3.63) is 42.5 Å². The Balaban J connectivity index is 1.69. The zero-order chi connectivity index (χ0) is 10.0. The number of allylic oxidation sites excluding steroid dienone is 1. The molecular formula is C15H16. The smallest absolute Gasteiger partial charge is 0.00498 e. The summed E-state index contributed by atoms with van der Waals surface area (Å²) in [5.74, 6) is 3.08. The van der Waals surface area contributed by atoms with Gasteiger partial charge in [0.05, 0.1) is 0 Å². The lowest BCUT2D eigenvalue weighted by Crippen LogP contribution is -2.16. The van der Waals surface area contributed by atoms with Crippen LogP contribution in [0.5, 0.6) is 0 Å². The molecule has 3 aliphatic carbocycles. The lowest BCUT2D eigenvalue weighted by molar-refractivity contribution is 0.307. The van der Waals surface area contributed by atoms with Crippen molar-refractivity contribution in [2.24, 2.45) is 23.2 Å². The fourth-order valence-electron chi connectivity index (χ4n) is 4.39. The van der Waals surface area contributed by atoms with Crippen LogP contribution in [-0.4, -0.2) is 0 Å². The van der Waals surface area contributed by atoms with Gasteiger partial charge in [0.15, 0.2) is 0 Å². The summed E-state index contributed by atoms with van der Waals surface area (Å²) in [6.07, 6.45) is 4.40. The molecule has 0 nitrogen and oxygen atoms in total. The summed E-state index contributed by atoms with van der Waals surface area (Å²) in [4.78, 5) is 0. The molecule has 4 rings (SSSR count). The third-order valence-electron chi connectivity index (χ3n) is 5.10. The van der Waals surface area contributed by atoms with Crippen LogP contribution < -0.4 is 0 Å². The lowest BCUT2D eigenvalue weighted by Gasteiger charge is -2.26. The minimum absolute atomic E-state index is 0.597. The second kappa shape index (κ2) is 2.37. The van der Waals surface area contributed by atoms with E-state index >= 15 is 0 Å². The van der Waals surface area contributed by atoms with E-state index < -0.39 is 0 Å². The molecule has 0 radical (unpaired) electrons. The molecule has 2 atom stereocenters. The molecule has 3 fully saturated rings. The Labute approximate surface area is 91.0 Å². The normalized spacial score (nSPS) is 44.4. The summed E-state index contributed by atoms with van der Waals surface area (Å²) >= 11 is 0. The Morgan fingerprint density at radius 3 is 2.40 bits per heavy atom. The highest BCUT2D eigenvalue weighted by atomic mass is 14.9. The van der Waals surface area contributed by atoms with Crippen LogP contribution in [0.25, 0.3) is 5.57 Å². The van der Waals surface area contributed by atoms with Gasteiger partial charge in [-0.1, -0.05) is 43.3 Å². The van der Waals surface area contributed by atoms with Gasteiger partial charge in [0.25, 0.3) is 0 Å². The zero-order valence-electron chi connectivity index (χ0n) is 8.95. The second-order valence-electron chi connectivity index (χ2n) is 5.45. The van der Waals surface area contributed by atoms with Gasteiger partial charge in [0.1, 0.15) is 0 Å². The minimum Gasteiger partial charge on any atom is -0.0946 e. The van der Waals surface area contributed by atoms with E-state index in [2.05, 4.69) is 36.9 Å². The van der Waals surface area contributed by atoms with Crippen LogP contribution in [0.15, 0.2) is 36.9 Å². The van der Waals surface area contributed by atoms with E-state index in [0.717, 1.165) is 17.8 Å². The van der Waals surface area contributed by atoms with Crippen molar-refractivity contribution in [3.8, 4) is 0 Å². The van der Waals surface area contributed by atoms with Crippen LogP contribution in [0.3, 0.4) is 0 Å². The molecule has 0 N–H and O–H groups in total. The van der Waals surface area contributed by atoms with Crippen molar-refractivity contribution < 1.29 is 0 Å². The molecule has 0 spiro atoms. The maximum atomic E-state index is 4.38. The summed E-state index contributed by atoms with van der Waals surface area (Å²) in [6, 6.07) is 10.8. The first-order valence-electron chi connectivity index (χ1n) is 6.11. The summed E-state index contributed by atoms with van der Waals surface area (Å²) in [5.41, 5.74) is 3.43. The van der Waals surface area contributed by atoms with E-state index in [-0.39, 0.29) is 0 Å². The Bertz CT molecular complexity index is 407. The Kier molecular flexibility index (Phi) is 1.29. The predicted octanol–water partition coefficient (Wildman–Crippen LogP) is 3.75. The first-order chi connectivity index (χ1) is 7.37. The van der Waals surface area contributed by atoms with Crippen molar-refractivity contribution >= 4 is 5.57 Å². The highest BCUT2D eigenvalue weighted by Crippen LogP contribution is 2.92. The van der Waals surface area contributed by atoms with Gasteiger partial charge in [-0.3, -0.25) is 0 Å². The SMILES string of the molecule is C=C(c1ccccc1)C12C3CCCC1C32. The molecule has 0 heteroatoms. The molecule has 0 saturated heterocycles. The lowest BCUT2D eigenvalue weighted by atomic mass is 9.78. The molecule has 0 aliphatic heterocycles. The van der Waals surface area contributed by atoms with Crippen molar-refractivity contribution in [1.29, 1.82) is 0 Å². The van der Waals surface area contributed by atoms with Crippen LogP contribution in [-0.2, 0) is 0 Å². The largest absolute Gasteiger partial charge is 0.0946 e. The third-order valence-corrected chi connectivity index (χ3v) is 5.10. The summed E-state index contributed by atoms with van der Waals surface area (Å²) in [5, 5.41) is 0. The van der Waals surface area contributed by atoms with E-state index in [1.807, 2.05) is 0 Å². The number of benzene rings is 1. The fourth-order valence-corrected chi connectivity index (χ4v) is 4.39. The standard InChI is InChI=1S/C15H16/c1-10(11-6-3-2-4-7-11)15-12-8-5-9-13(15)14(12)15/h2-4,6-7,12-14H,1,5,8-9H2. The van der Waals surface area contributed by atoms with Gasteiger partial charge in [-0.2, -0.15) is 0 Å². The van der Waals surface area contributed by atoms with Gasteiger partial charge in [-0.15, -0.1) is 0 Å². The number of rotatable bonds is 2. The number of hydrogen-bond acceptors (Lipinski definition) is 0. The highest BCUT2D eigenvalue weighted by Gasteiger charge is 2.87. The van der Waals surface area contributed by atoms with Gasteiger partial charge >= 0.3 is 0 Å². The molecule has 0 aromatic heterocycles. The molecule has 15 heavy (non-hydrogen) atoms. The van der Waals surface area contributed by atoms with Crippen molar-refractivity contribution in [3.63, 3.8) is 0 Å². The molecule has 0 amide bonds. The third kappa shape index (κ3) is 0.770. The monoisotopic (exact) mass is 196 g/mol. The average molecular weight is 196 g/mol. The second-order valence-corrected chi connectivity index (χ2v) is 5.45. The quantitative estimate of drug-likeness (QED) is 0.676. The van der Waals surface area contributed by atoms with Gasteiger partial charge < -0.3 is 0 Å². The maximum Gasteiger partial charge on any atom is 0.00498 e. The number of fused-ring (bicyclic) bond motifs is 2. The van der Waals surface area contributed by atoms with E-state index in [1.54, 1.807) is 0 Å². The van der Waals surface area contributed by atoms with Gasteiger partial charge in [-0.25, -0.2) is 0 Å². The van der Waals surface area contributed by atoms with Crippen molar-refractivity contribution in [2.45, 2.75) is 19.3 Å². The topological polar surface area (TPSA) is 0 Å². The molecule has 3 saturated carbocycles. The average Bonchev–Trinajstić information content (AvgIpc) is 3.19. The van der Waals surface area contributed by atoms with Gasteiger partial charge in [0, 0.05) is 5.41 Å². The van der Waals surface area contributed by atoms with Crippen LogP contribution in [0.2, 0.25) is 0 Å². The van der Waals surface area contributed by atoms with Crippen LogP contribution in [0.1, 0.15) is 24.8 Å². The Morgan fingerprint density at radius 1 is 1.13 bits per heavy atom. The van der Waals surface area contributed by atoms with Gasteiger partial charge in [0.2, 0.25) is 0 Å². The van der Waals surface area contributed by atoms with E-state index in [9.17, 15) is 0 Å². The molecule has 2 unspecified atom stereocenters. The number of hydrogen-bond donors (Lipinski definition) is 0. The van der Waals surface area contributed by atoms with E-state index in [0.29, 0.717) is 5.41 Å². The first kappa shape index (κ1) is 8.15. The van der Waals surface area contributed by atoms with Crippen LogP contribution in [0, 0.1) is 23.2 Å². The molecular weight excluding hydrogens is 180 g/mol. The highest BCUT2D eigenvalue weighted by molar-refractivity contribution is 5.78. The Morgan fingerprint density at radius 2 is 1.80 bits per heavy atom. The summed E-state index contributed by atoms with van der Waals surface area (Å²) in [7, 11) is 0. The molecule has 1 aromatic rings. The fraction of sp³-hybridized carbons (Fsp3) is 0.467. The van der Waals surface area contributed by atoms with E-state index in [4.69, 9.17) is 0 Å². The summed E-state index contributed by atoms with van der Waals surface area (Å²) in [6.45, 7) is 4.38.